The van der Waals surface area contributed by atoms with Gasteiger partial charge in [0.15, 0.2) is 5.96 Å². The van der Waals surface area contributed by atoms with Gasteiger partial charge in [-0.1, -0.05) is 0 Å². The Kier molecular flexibility index (Phi) is 11.3. The summed E-state index contributed by atoms with van der Waals surface area (Å²) in [5.41, 5.74) is 17.2. The molecule has 168 valence electrons. The van der Waals surface area contributed by atoms with E-state index >= 15 is 0 Å². The second kappa shape index (κ2) is 13.4. The van der Waals surface area contributed by atoms with Crippen LogP contribution in [-0.2, 0) is 20.8 Å². The minimum Gasteiger partial charge on any atom is -0.480 e. The molecule has 0 aliphatic rings. The number of carbonyl (C=O) groups excluding carboxylic acids is 2. The molecule has 0 saturated carbocycles. The molecule has 2 amide bonds. The number of carbonyl (C=O) groups is 3. The van der Waals surface area contributed by atoms with Crippen molar-refractivity contribution in [2.24, 2.45) is 22.2 Å². The van der Waals surface area contributed by atoms with Crippen LogP contribution in [0.4, 0.5) is 0 Å². The molecule has 0 aliphatic carbocycles. The first-order chi connectivity index (χ1) is 14.2. The maximum Gasteiger partial charge on any atom is 0.326 e. The fourth-order valence-corrected chi connectivity index (χ4v) is 3.01. The number of imidazole rings is 1. The number of H-pyrrole nitrogens is 1. The van der Waals surface area contributed by atoms with Crippen molar-refractivity contribution in [1.82, 2.24) is 20.6 Å². The molecule has 1 rings (SSSR count). The van der Waals surface area contributed by atoms with E-state index in [-0.39, 0.29) is 31.8 Å². The van der Waals surface area contributed by atoms with Crippen LogP contribution in [0.25, 0.3) is 0 Å². The number of aromatic amines is 1. The van der Waals surface area contributed by atoms with Gasteiger partial charge >= 0.3 is 5.97 Å². The Bertz CT molecular complexity index is 709. The number of thioether (sulfide) groups is 1. The molecule has 0 bridgehead atoms. The van der Waals surface area contributed by atoms with Crippen molar-refractivity contribution in [2.45, 2.75) is 43.8 Å². The molecule has 13 heteroatoms. The molecule has 0 spiro atoms. The lowest BCUT2D eigenvalue weighted by Gasteiger charge is -2.22. The topological polar surface area (TPSA) is 215 Å². The summed E-state index contributed by atoms with van der Waals surface area (Å²) in [5, 5.41) is 14.4. The molecular weight excluding hydrogens is 412 g/mol. The van der Waals surface area contributed by atoms with Gasteiger partial charge in [-0.2, -0.15) is 11.8 Å². The molecule has 10 N–H and O–H groups in total. The molecule has 0 saturated heterocycles. The number of hydrogen-bond donors (Lipinski definition) is 7. The number of nitrogens with zero attached hydrogens (tertiary/aromatic N) is 2. The van der Waals surface area contributed by atoms with Gasteiger partial charge in [-0.25, -0.2) is 9.78 Å². The number of amides is 2. The van der Waals surface area contributed by atoms with E-state index in [1.54, 1.807) is 6.20 Å². The average molecular weight is 443 g/mol. The minimum absolute atomic E-state index is 0.0791. The zero-order chi connectivity index (χ0) is 22.5. The van der Waals surface area contributed by atoms with E-state index in [1.807, 2.05) is 6.26 Å². The maximum atomic E-state index is 12.7. The molecule has 30 heavy (non-hydrogen) atoms. The lowest BCUT2D eigenvalue weighted by Crippen LogP contribution is -2.54. The zero-order valence-corrected chi connectivity index (χ0v) is 17.7. The smallest absolute Gasteiger partial charge is 0.326 e. The Morgan fingerprint density at radius 1 is 1.23 bits per heavy atom. The van der Waals surface area contributed by atoms with E-state index in [9.17, 15) is 19.5 Å². The van der Waals surface area contributed by atoms with Crippen molar-refractivity contribution in [2.75, 3.05) is 18.6 Å². The number of nitrogens with two attached hydrogens (primary N) is 3. The van der Waals surface area contributed by atoms with E-state index in [2.05, 4.69) is 25.6 Å². The number of aliphatic carboxylic acids is 1. The van der Waals surface area contributed by atoms with Gasteiger partial charge in [-0.05, 0) is 31.3 Å². The SMILES string of the molecule is CSCC[C@H](NC(=O)[C@H](CCCN=C(N)N)NC(=O)[C@@H](N)Cc1cnc[nH]1)C(=O)O. The van der Waals surface area contributed by atoms with Gasteiger partial charge in [0.1, 0.15) is 12.1 Å². The van der Waals surface area contributed by atoms with Crippen LogP contribution in [0.5, 0.6) is 0 Å². The van der Waals surface area contributed by atoms with E-state index in [0.717, 1.165) is 0 Å². The number of nitrogens with one attached hydrogen (secondary N) is 3. The van der Waals surface area contributed by atoms with E-state index in [4.69, 9.17) is 17.2 Å². The average Bonchev–Trinajstić information content (AvgIpc) is 3.19. The van der Waals surface area contributed by atoms with Crippen molar-refractivity contribution in [1.29, 1.82) is 0 Å². The Morgan fingerprint density at radius 3 is 2.50 bits per heavy atom. The molecule has 0 aliphatic heterocycles. The van der Waals surface area contributed by atoms with Gasteiger partial charge in [-0.3, -0.25) is 14.6 Å². The highest BCUT2D eigenvalue weighted by molar-refractivity contribution is 7.98. The largest absolute Gasteiger partial charge is 0.480 e. The second-order valence-corrected chi connectivity index (χ2v) is 7.56. The first-order valence-corrected chi connectivity index (χ1v) is 10.7. The van der Waals surface area contributed by atoms with Crippen LogP contribution >= 0.6 is 11.8 Å². The summed E-state index contributed by atoms with van der Waals surface area (Å²) < 4.78 is 0. The summed E-state index contributed by atoms with van der Waals surface area (Å²) in [7, 11) is 0. The van der Waals surface area contributed by atoms with Crippen LogP contribution < -0.4 is 27.8 Å². The Hall–Kier alpha value is -2.80. The van der Waals surface area contributed by atoms with Crippen molar-refractivity contribution in [3.63, 3.8) is 0 Å². The van der Waals surface area contributed by atoms with Crippen LogP contribution in [0.3, 0.4) is 0 Å². The Balaban J connectivity index is 2.77. The number of rotatable bonds is 14. The van der Waals surface area contributed by atoms with Crippen molar-refractivity contribution < 1.29 is 19.5 Å². The predicted molar refractivity (Wildman–Crippen MR) is 115 cm³/mol. The van der Waals surface area contributed by atoms with Crippen molar-refractivity contribution in [3.05, 3.63) is 18.2 Å². The van der Waals surface area contributed by atoms with Crippen LogP contribution in [0.15, 0.2) is 17.5 Å². The molecule has 0 unspecified atom stereocenters. The molecule has 3 atom stereocenters. The van der Waals surface area contributed by atoms with Crippen molar-refractivity contribution in [3.8, 4) is 0 Å². The highest BCUT2D eigenvalue weighted by Crippen LogP contribution is 2.05. The number of carboxylic acids is 1. The highest BCUT2D eigenvalue weighted by atomic mass is 32.2. The first kappa shape index (κ1) is 25.2. The third kappa shape index (κ3) is 9.60. The summed E-state index contributed by atoms with van der Waals surface area (Å²) in [6.45, 7) is 0.261. The number of carboxylic acid groups (broad SMARTS) is 1. The third-order valence-electron chi connectivity index (χ3n) is 4.13. The van der Waals surface area contributed by atoms with Gasteiger partial charge in [0.25, 0.3) is 0 Å². The molecule has 12 nitrogen and oxygen atoms in total. The molecule has 0 radical (unpaired) electrons. The van der Waals surface area contributed by atoms with E-state index < -0.39 is 35.9 Å². The standard InChI is InChI=1S/C17H30N8O4S/c1-30-6-4-13(16(28)29)25-15(27)12(3-2-5-22-17(19)20)24-14(26)11(18)7-10-8-21-9-23-10/h8-9,11-13H,2-7,18H2,1H3,(H,21,23)(H,24,26)(H,25,27)(H,28,29)(H4,19,20,22)/t11-,12-,13-/m0/s1. The second-order valence-electron chi connectivity index (χ2n) is 6.58. The monoisotopic (exact) mass is 442 g/mol. The molecular formula is C17H30N8O4S. The lowest BCUT2D eigenvalue weighted by atomic mass is 10.1. The van der Waals surface area contributed by atoms with Gasteiger partial charge in [0.05, 0.1) is 12.4 Å². The van der Waals surface area contributed by atoms with Crippen LogP contribution in [0.1, 0.15) is 25.0 Å². The zero-order valence-electron chi connectivity index (χ0n) is 16.8. The summed E-state index contributed by atoms with van der Waals surface area (Å²) in [6, 6.07) is -2.94. The summed E-state index contributed by atoms with van der Waals surface area (Å²) in [6.07, 6.45) is 5.94. The van der Waals surface area contributed by atoms with Crippen LogP contribution in [0, 0.1) is 0 Å². The fraction of sp³-hybridized carbons (Fsp3) is 0.588. The first-order valence-electron chi connectivity index (χ1n) is 9.35. The van der Waals surface area contributed by atoms with E-state index in [1.165, 1.54) is 18.1 Å². The number of aliphatic imine (C=N–C) groups is 1. The molecule has 1 heterocycles. The predicted octanol–water partition coefficient (Wildman–Crippen LogP) is -1.86. The summed E-state index contributed by atoms with van der Waals surface area (Å²) in [4.78, 5) is 47.1. The van der Waals surface area contributed by atoms with Gasteiger partial charge < -0.3 is 37.9 Å². The number of guanidine groups is 1. The highest BCUT2D eigenvalue weighted by Gasteiger charge is 2.27. The molecule has 1 aromatic heterocycles. The minimum atomic E-state index is -1.14. The number of hydrogen-bond acceptors (Lipinski definition) is 7. The Morgan fingerprint density at radius 2 is 1.93 bits per heavy atom. The molecule has 0 aromatic carbocycles. The van der Waals surface area contributed by atoms with Gasteiger partial charge in [0, 0.05) is 24.9 Å². The number of aromatic nitrogens is 2. The van der Waals surface area contributed by atoms with Crippen LogP contribution in [0.2, 0.25) is 0 Å². The molecule has 1 aromatic rings. The lowest BCUT2D eigenvalue weighted by molar-refractivity contribution is -0.142. The molecule has 0 fully saturated rings. The summed E-state index contributed by atoms with van der Waals surface area (Å²) >= 11 is 1.47. The summed E-state index contributed by atoms with van der Waals surface area (Å²) in [5.74, 6) is -1.80. The third-order valence-corrected chi connectivity index (χ3v) is 4.78. The van der Waals surface area contributed by atoms with Crippen LogP contribution in [-0.4, -0.2) is 75.5 Å². The fourth-order valence-electron chi connectivity index (χ4n) is 2.54. The maximum absolute atomic E-state index is 12.7. The van der Waals surface area contributed by atoms with Gasteiger partial charge in [0.2, 0.25) is 11.8 Å². The van der Waals surface area contributed by atoms with Crippen molar-refractivity contribution >= 4 is 35.5 Å². The normalized spacial score (nSPS) is 13.7. The van der Waals surface area contributed by atoms with E-state index in [0.29, 0.717) is 17.9 Å². The quantitative estimate of drug-likeness (QED) is 0.0975. The van der Waals surface area contributed by atoms with Gasteiger partial charge in [-0.15, -0.1) is 0 Å². The Labute approximate surface area is 178 Å².